The van der Waals surface area contributed by atoms with Crippen molar-refractivity contribution in [1.29, 1.82) is 0 Å². The highest BCUT2D eigenvalue weighted by Gasteiger charge is 2.10. The van der Waals surface area contributed by atoms with Gasteiger partial charge in [-0.05, 0) is 13.3 Å². The third-order valence-electron chi connectivity index (χ3n) is 1.07. The maximum atomic E-state index is 10.7. The maximum absolute atomic E-state index is 10.7. The molecule has 0 N–H and O–H groups in total. The summed E-state index contributed by atoms with van der Waals surface area (Å²) >= 11 is 0. The van der Waals surface area contributed by atoms with Crippen molar-refractivity contribution < 1.29 is 9.53 Å². The number of hydrogen-bond acceptors (Lipinski definition) is 2. The van der Waals surface area contributed by atoms with E-state index < -0.39 is 0 Å². The van der Waals surface area contributed by atoms with Crippen molar-refractivity contribution in [2.24, 2.45) is 5.92 Å². The fraction of sp³-hybridized carbons (Fsp3) is 0.714. The molecule has 0 aliphatic heterocycles. The summed E-state index contributed by atoms with van der Waals surface area (Å²) in [5.41, 5.74) is 0. The van der Waals surface area contributed by atoms with E-state index in [1.807, 2.05) is 0 Å². The van der Waals surface area contributed by atoms with Crippen molar-refractivity contribution in [3.8, 4) is 0 Å². The monoisotopic (exact) mass is 128 g/mol. The van der Waals surface area contributed by atoms with Gasteiger partial charge in [0.15, 0.2) is 0 Å². The standard InChI is InChI=1S/C7H12O2/c1-4-6(3)7(8)9-5-2/h6H,5H2,1-3H3. The van der Waals surface area contributed by atoms with Crippen LogP contribution in [0.3, 0.4) is 0 Å². The minimum absolute atomic E-state index is 0.190. The van der Waals surface area contributed by atoms with Gasteiger partial charge in [-0.2, -0.15) is 0 Å². The Morgan fingerprint density at radius 1 is 1.78 bits per heavy atom. The van der Waals surface area contributed by atoms with E-state index in [1.165, 1.54) is 0 Å². The molecule has 0 aliphatic carbocycles. The predicted octanol–water partition coefficient (Wildman–Crippen LogP) is 1.29. The normalized spacial score (nSPS) is 12.8. The molecule has 52 valence electrons. The second kappa shape index (κ2) is 4.36. The van der Waals surface area contributed by atoms with Gasteiger partial charge in [-0.3, -0.25) is 4.79 Å². The van der Waals surface area contributed by atoms with E-state index in [-0.39, 0.29) is 11.9 Å². The lowest BCUT2D eigenvalue weighted by atomic mass is 10.1. The second-order valence-electron chi connectivity index (χ2n) is 1.76. The van der Waals surface area contributed by atoms with Gasteiger partial charge >= 0.3 is 5.97 Å². The Bertz CT molecular complexity index is 88.9. The Balaban J connectivity index is 3.46. The van der Waals surface area contributed by atoms with Crippen LogP contribution in [0.25, 0.3) is 0 Å². The molecule has 1 unspecified atom stereocenters. The average Bonchev–Trinajstić information content (AvgIpc) is 1.87. The van der Waals surface area contributed by atoms with Gasteiger partial charge in [-0.15, -0.1) is 0 Å². The highest BCUT2D eigenvalue weighted by atomic mass is 16.5. The summed E-state index contributed by atoms with van der Waals surface area (Å²) in [5.74, 6) is -0.384. The summed E-state index contributed by atoms with van der Waals surface area (Å²) in [4.78, 5) is 10.7. The molecule has 0 aromatic heterocycles. The lowest BCUT2D eigenvalue weighted by molar-refractivity contribution is -0.146. The summed E-state index contributed by atoms with van der Waals surface area (Å²) in [5, 5.41) is 0. The molecule has 2 radical (unpaired) electrons. The first-order chi connectivity index (χ1) is 4.22. The summed E-state index contributed by atoms with van der Waals surface area (Å²) < 4.78 is 4.69. The summed E-state index contributed by atoms with van der Waals surface area (Å²) in [6.45, 7) is 5.73. The molecule has 2 heteroatoms. The Kier molecular flexibility index (Phi) is 4.10. The first-order valence-corrected chi connectivity index (χ1v) is 3.06. The smallest absolute Gasteiger partial charge is 0.309 e. The van der Waals surface area contributed by atoms with Crippen molar-refractivity contribution in [3.63, 3.8) is 0 Å². The van der Waals surface area contributed by atoms with Gasteiger partial charge in [-0.25, -0.2) is 0 Å². The third kappa shape index (κ3) is 3.12. The molecule has 0 amide bonds. The highest BCUT2D eigenvalue weighted by molar-refractivity contribution is 5.73. The molecular weight excluding hydrogens is 116 g/mol. The zero-order valence-electron chi connectivity index (χ0n) is 6.10. The minimum atomic E-state index is -0.194. The Morgan fingerprint density at radius 2 is 2.33 bits per heavy atom. The molecule has 9 heavy (non-hydrogen) atoms. The van der Waals surface area contributed by atoms with Gasteiger partial charge in [0.2, 0.25) is 0 Å². The predicted molar refractivity (Wildman–Crippen MR) is 34.7 cm³/mol. The molecule has 1 atom stereocenters. The largest absolute Gasteiger partial charge is 0.466 e. The van der Waals surface area contributed by atoms with Crippen LogP contribution in [-0.2, 0) is 9.53 Å². The molecule has 0 heterocycles. The van der Waals surface area contributed by atoms with Crippen LogP contribution < -0.4 is 0 Å². The van der Waals surface area contributed by atoms with Crippen molar-refractivity contribution >= 4 is 5.97 Å². The van der Waals surface area contributed by atoms with Crippen molar-refractivity contribution in [2.45, 2.75) is 20.8 Å². The number of rotatable bonds is 3. The fourth-order valence-electron chi connectivity index (χ4n) is 0.385. The molecule has 0 aromatic rings. The van der Waals surface area contributed by atoms with E-state index in [1.54, 1.807) is 20.8 Å². The fourth-order valence-corrected chi connectivity index (χ4v) is 0.385. The Morgan fingerprint density at radius 3 is 2.67 bits per heavy atom. The van der Waals surface area contributed by atoms with E-state index in [2.05, 4.69) is 6.42 Å². The average molecular weight is 128 g/mol. The molecule has 0 fully saturated rings. The van der Waals surface area contributed by atoms with Gasteiger partial charge in [-0.1, -0.05) is 13.8 Å². The molecule has 0 aliphatic rings. The Hall–Kier alpha value is -0.530. The van der Waals surface area contributed by atoms with Crippen LogP contribution in [0.4, 0.5) is 0 Å². The number of ether oxygens (including phenoxy) is 1. The zero-order chi connectivity index (χ0) is 7.28. The molecule has 0 spiro atoms. The summed E-state index contributed by atoms with van der Waals surface area (Å²) in [6, 6.07) is 0. The first-order valence-electron chi connectivity index (χ1n) is 3.06. The van der Waals surface area contributed by atoms with E-state index in [0.717, 1.165) is 0 Å². The summed E-state index contributed by atoms with van der Waals surface area (Å²) in [6.07, 6.45) is 2.77. The van der Waals surface area contributed by atoms with Gasteiger partial charge in [0.05, 0.1) is 12.5 Å². The Labute approximate surface area is 56.2 Å². The van der Waals surface area contributed by atoms with E-state index in [0.29, 0.717) is 6.61 Å². The van der Waals surface area contributed by atoms with E-state index in [9.17, 15) is 4.79 Å². The number of hydrogen-bond donors (Lipinski definition) is 0. The lowest BCUT2D eigenvalue weighted by Gasteiger charge is -2.05. The van der Waals surface area contributed by atoms with Crippen molar-refractivity contribution in [3.05, 3.63) is 6.42 Å². The van der Waals surface area contributed by atoms with Gasteiger partial charge in [0.25, 0.3) is 0 Å². The highest BCUT2D eigenvalue weighted by Crippen LogP contribution is 2.00. The van der Waals surface area contributed by atoms with Crippen LogP contribution >= 0.6 is 0 Å². The van der Waals surface area contributed by atoms with Crippen LogP contribution in [0, 0.1) is 12.3 Å². The van der Waals surface area contributed by atoms with E-state index >= 15 is 0 Å². The number of carbonyl (C=O) groups is 1. The van der Waals surface area contributed by atoms with Crippen LogP contribution in [-0.4, -0.2) is 12.6 Å². The van der Waals surface area contributed by atoms with Crippen LogP contribution in [0.5, 0.6) is 0 Å². The molecule has 0 saturated heterocycles. The molecular formula is C7H12O2. The zero-order valence-corrected chi connectivity index (χ0v) is 6.10. The third-order valence-corrected chi connectivity index (χ3v) is 1.07. The topological polar surface area (TPSA) is 26.3 Å². The number of carbonyl (C=O) groups excluding carboxylic acids is 1. The molecule has 0 rings (SSSR count). The van der Waals surface area contributed by atoms with Gasteiger partial charge in [0, 0.05) is 0 Å². The van der Waals surface area contributed by atoms with Crippen molar-refractivity contribution in [1.82, 2.24) is 0 Å². The minimum Gasteiger partial charge on any atom is -0.466 e. The lowest BCUT2D eigenvalue weighted by Crippen LogP contribution is -2.13. The molecule has 0 aromatic carbocycles. The molecule has 0 bridgehead atoms. The van der Waals surface area contributed by atoms with E-state index in [4.69, 9.17) is 4.74 Å². The first kappa shape index (κ1) is 8.47. The summed E-state index contributed by atoms with van der Waals surface area (Å²) in [7, 11) is 0. The molecule has 2 nitrogen and oxygen atoms in total. The van der Waals surface area contributed by atoms with Gasteiger partial charge < -0.3 is 4.74 Å². The quantitative estimate of drug-likeness (QED) is 0.535. The maximum Gasteiger partial charge on any atom is 0.309 e. The van der Waals surface area contributed by atoms with Gasteiger partial charge in [0.1, 0.15) is 0 Å². The number of esters is 1. The second-order valence-corrected chi connectivity index (χ2v) is 1.76. The van der Waals surface area contributed by atoms with Crippen LogP contribution in [0.15, 0.2) is 0 Å². The van der Waals surface area contributed by atoms with Crippen molar-refractivity contribution in [2.75, 3.05) is 6.61 Å². The molecule has 0 saturated carbocycles. The van der Waals surface area contributed by atoms with Crippen LogP contribution in [0.1, 0.15) is 20.8 Å². The SMILES string of the molecule is C[C]C(C)C(=O)OCC. The van der Waals surface area contributed by atoms with Crippen LogP contribution in [0.2, 0.25) is 0 Å².